The number of nitrogens with one attached hydrogen (secondary N) is 1. The predicted octanol–water partition coefficient (Wildman–Crippen LogP) is 5.27. The summed E-state index contributed by atoms with van der Waals surface area (Å²) in [5.41, 5.74) is 1.06. The monoisotopic (exact) mass is 277 g/mol. The summed E-state index contributed by atoms with van der Waals surface area (Å²) < 4.78 is 5.74. The summed E-state index contributed by atoms with van der Waals surface area (Å²) in [5, 5.41) is 2.07. The Kier molecular flexibility index (Phi) is 2.90. The maximum absolute atomic E-state index is 6.06. The van der Waals surface area contributed by atoms with Crippen molar-refractivity contribution in [2.24, 2.45) is 0 Å². The van der Waals surface area contributed by atoms with Crippen molar-refractivity contribution in [1.82, 2.24) is 4.98 Å². The topological polar surface area (TPSA) is 25.0 Å². The standard InChI is InChI=1S/C14H9Cl2NO/c15-11-2-1-3-12(16)14(11)18-10-4-5-13-9(8-10)6-7-17-13/h1-8,17H. The number of hydrogen-bond donors (Lipinski definition) is 1. The Morgan fingerprint density at radius 3 is 2.50 bits per heavy atom. The van der Waals surface area contributed by atoms with E-state index in [1.54, 1.807) is 18.2 Å². The summed E-state index contributed by atoms with van der Waals surface area (Å²) in [6, 6.07) is 13.0. The minimum absolute atomic E-state index is 0.482. The number of para-hydroxylation sites is 1. The molecule has 0 spiro atoms. The highest BCUT2D eigenvalue weighted by Crippen LogP contribution is 2.36. The van der Waals surface area contributed by atoms with Gasteiger partial charge in [0.05, 0.1) is 10.0 Å². The van der Waals surface area contributed by atoms with Gasteiger partial charge in [0.1, 0.15) is 5.75 Å². The molecule has 0 fully saturated rings. The number of hydrogen-bond acceptors (Lipinski definition) is 1. The lowest BCUT2D eigenvalue weighted by Crippen LogP contribution is -1.86. The van der Waals surface area contributed by atoms with Crippen molar-refractivity contribution in [3.63, 3.8) is 0 Å². The molecule has 4 heteroatoms. The van der Waals surface area contributed by atoms with Gasteiger partial charge in [-0.15, -0.1) is 0 Å². The van der Waals surface area contributed by atoms with Crippen molar-refractivity contribution in [3.05, 3.63) is 58.7 Å². The van der Waals surface area contributed by atoms with Crippen molar-refractivity contribution in [2.75, 3.05) is 0 Å². The fourth-order valence-corrected chi connectivity index (χ4v) is 2.27. The van der Waals surface area contributed by atoms with Crippen molar-refractivity contribution >= 4 is 34.1 Å². The van der Waals surface area contributed by atoms with Gasteiger partial charge < -0.3 is 9.72 Å². The summed E-state index contributed by atoms with van der Waals surface area (Å²) in [6.45, 7) is 0. The normalized spacial score (nSPS) is 10.8. The maximum Gasteiger partial charge on any atom is 0.164 e. The number of aromatic amines is 1. The van der Waals surface area contributed by atoms with Gasteiger partial charge in [0, 0.05) is 17.1 Å². The van der Waals surface area contributed by atoms with Gasteiger partial charge in [-0.2, -0.15) is 0 Å². The van der Waals surface area contributed by atoms with Gasteiger partial charge in [-0.1, -0.05) is 29.3 Å². The van der Waals surface area contributed by atoms with Crippen LogP contribution < -0.4 is 4.74 Å². The minimum atomic E-state index is 0.482. The zero-order chi connectivity index (χ0) is 12.5. The molecule has 3 rings (SSSR count). The van der Waals surface area contributed by atoms with Crippen LogP contribution in [-0.4, -0.2) is 4.98 Å². The molecule has 2 aromatic carbocycles. The fraction of sp³-hybridized carbons (Fsp3) is 0. The lowest BCUT2D eigenvalue weighted by molar-refractivity contribution is 0.484. The highest BCUT2D eigenvalue weighted by molar-refractivity contribution is 6.37. The Morgan fingerprint density at radius 2 is 1.72 bits per heavy atom. The first-order valence-corrected chi connectivity index (χ1v) is 6.18. The van der Waals surface area contributed by atoms with Crippen molar-refractivity contribution in [3.8, 4) is 11.5 Å². The largest absolute Gasteiger partial charge is 0.454 e. The molecule has 1 N–H and O–H groups in total. The first-order valence-electron chi connectivity index (χ1n) is 5.43. The highest BCUT2D eigenvalue weighted by atomic mass is 35.5. The van der Waals surface area contributed by atoms with Crippen LogP contribution in [0.15, 0.2) is 48.7 Å². The van der Waals surface area contributed by atoms with E-state index < -0.39 is 0 Å². The molecule has 0 aliphatic carbocycles. The third-order valence-corrected chi connectivity index (χ3v) is 3.26. The number of rotatable bonds is 2. The molecule has 0 unspecified atom stereocenters. The second-order valence-electron chi connectivity index (χ2n) is 3.88. The van der Waals surface area contributed by atoms with Gasteiger partial charge >= 0.3 is 0 Å². The van der Waals surface area contributed by atoms with Gasteiger partial charge in [-0.05, 0) is 36.4 Å². The molecule has 0 radical (unpaired) electrons. The first kappa shape index (κ1) is 11.5. The maximum atomic E-state index is 6.06. The Balaban J connectivity index is 2.00. The number of fused-ring (bicyclic) bond motifs is 1. The zero-order valence-electron chi connectivity index (χ0n) is 9.28. The number of halogens is 2. The third kappa shape index (κ3) is 2.05. The van der Waals surface area contributed by atoms with Crippen LogP contribution in [-0.2, 0) is 0 Å². The molecule has 90 valence electrons. The van der Waals surface area contributed by atoms with E-state index in [4.69, 9.17) is 27.9 Å². The smallest absolute Gasteiger partial charge is 0.164 e. The molecule has 0 atom stereocenters. The average Bonchev–Trinajstić information content (AvgIpc) is 2.81. The molecule has 0 aliphatic rings. The summed E-state index contributed by atoms with van der Waals surface area (Å²) in [5.74, 6) is 1.19. The quantitative estimate of drug-likeness (QED) is 0.678. The molecule has 1 aromatic heterocycles. The van der Waals surface area contributed by atoms with E-state index in [-0.39, 0.29) is 0 Å². The molecule has 0 aliphatic heterocycles. The minimum Gasteiger partial charge on any atom is -0.454 e. The molecule has 3 aromatic rings. The first-order chi connectivity index (χ1) is 8.74. The Morgan fingerprint density at radius 1 is 0.944 bits per heavy atom. The van der Waals surface area contributed by atoms with Crippen LogP contribution in [0.4, 0.5) is 0 Å². The van der Waals surface area contributed by atoms with Crippen LogP contribution in [0.25, 0.3) is 10.9 Å². The van der Waals surface area contributed by atoms with E-state index >= 15 is 0 Å². The second kappa shape index (κ2) is 4.56. The van der Waals surface area contributed by atoms with Crippen LogP contribution >= 0.6 is 23.2 Å². The van der Waals surface area contributed by atoms with Gasteiger partial charge in [-0.3, -0.25) is 0 Å². The van der Waals surface area contributed by atoms with Gasteiger partial charge in [0.25, 0.3) is 0 Å². The molecule has 0 amide bonds. The number of aromatic nitrogens is 1. The number of benzene rings is 2. The van der Waals surface area contributed by atoms with Crippen LogP contribution in [0.2, 0.25) is 10.0 Å². The molecule has 0 saturated heterocycles. The molecule has 0 saturated carbocycles. The summed E-state index contributed by atoms with van der Waals surface area (Å²) in [6.07, 6.45) is 1.89. The lowest BCUT2D eigenvalue weighted by Gasteiger charge is -2.09. The van der Waals surface area contributed by atoms with Crippen molar-refractivity contribution in [2.45, 2.75) is 0 Å². The lowest BCUT2D eigenvalue weighted by atomic mass is 10.2. The highest BCUT2D eigenvalue weighted by Gasteiger charge is 2.08. The zero-order valence-corrected chi connectivity index (χ0v) is 10.8. The van der Waals surface area contributed by atoms with Crippen LogP contribution in [0.1, 0.15) is 0 Å². The number of ether oxygens (including phenoxy) is 1. The van der Waals surface area contributed by atoms with Gasteiger partial charge in [0.15, 0.2) is 5.75 Å². The van der Waals surface area contributed by atoms with Crippen LogP contribution in [0.5, 0.6) is 11.5 Å². The molecular formula is C14H9Cl2NO. The molecule has 18 heavy (non-hydrogen) atoms. The van der Waals surface area contributed by atoms with Crippen molar-refractivity contribution < 1.29 is 4.74 Å². The summed E-state index contributed by atoms with van der Waals surface area (Å²) in [7, 11) is 0. The molecule has 2 nitrogen and oxygen atoms in total. The Hall–Kier alpha value is -1.64. The molecule has 1 heterocycles. The van der Waals surface area contributed by atoms with E-state index in [0.717, 1.165) is 10.9 Å². The average molecular weight is 278 g/mol. The Bertz CT molecular complexity index is 686. The van der Waals surface area contributed by atoms with E-state index in [0.29, 0.717) is 21.5 Å². The third-order valence-electron chi connectivity index (χ3n) is 2.66. The van der Waals surface area contributed by atoms with Crippen LogP contribution in [0.3, 0.4) is 0 Å². The van der Waals surface area contributed by atoms with E-state index in [9.17, 15) is 0 Å². The number of H-pyrrole nitrogens is 1. The molecule has 0 bridgehead atoms. The summed E-state index contributed by atoms with van der Waals surface area (Å²) in [4.78, 5) is 3.13. The Labute approximate surface area is 114 Å². The van der Waals surface area contributed by atoms with E-state index in [2.05, 4.69) is 4.98 Å². The van der Waals surface area contributed by atoms with E-state index in [1.807, 2.05) is 30.5 Å². The molecular weight excluding hydrogens is 269 g/mol. The SMILES string of the molecule is Clc1cccc(Cl)c1Oc1ccc2[nH]ccc2c1. The second-order valence-corrected chi connectivity index (χ2v) is 4.69. The van der Waals surface area contributed by atoms with Crippen molar-refractivity contribution in [1.29, 1.82) is 0 Å². The fourth-order valence-electron chi connectivity index (χ4n) is 1.79. The van der Waals surface area contributed by atoms with E-state index in [1.165, 1.54) is 0 Å². The van der Waals surface area contributed by atoms with Crippen LogP contribution in [0, 0.1) is 0 Å². The van der Waals surface area contributed by atoms with Gasteiger partial charge in [-0.25, -0.2) is 0 Å². The summed E-state index contributed by atoms with van der Waals surface area (Å²) >= 11 is 12.1. The van der Waals surface area contributed by atoms with Gasteiger partial charge in [0.2, 0.25) is 0 Å². The predicted molar refractivity (Wildman–Crippen MR) is 74.8 cm³/mol.